The summed E-state index contributed by atoms with van der Waals surface area (Å²) in [6.45, 7) is 5.52. The Morgan fingerprint density at radius 1 is 1.31 bits per heavy atom. The molecule has 4 N–H and O–H groups in total. The number of nitrogens with one attached hydrogen (secondary N) is 1. The van der Waals surface area contributed by atoms with Crippen LogP contribution in [0.3, 0.4) is 0 Å². The Labute approximate surface area is 195 Å². The second-order valence-electron chi connectivity index (χ2n) is 8.23. The van der Waals surface area contributed by atoms with Crippen LogP contribution in [0.5, 0.6) is 0 Å². The first-order valence-corrected chi connectivity index (χ1v) is 11.2. The fourth-order valence-electron chi connectivity index (χ4n) is 3.11. The van der Waals surface area contributed by atoms with E-state index in [0.717, 1.165) is 10.5 Å². The summed E-state index contributed by atoms with van der Waals surface area (Å²) < 4.78 is 5.33. The van der Waals surface area contributed by atoms with Crippen molar-refractivity contribution in [2.75, 3.05) is 10.7 Å². The molecule has 1 aliphatic heterocycles. The Morgan fingerprint density at radius 3 is 2.62 bits per heavy atom. The number of oxime groups is 1. The maximum Gasteiger partial charge on any atom is 0.408 e. The molecule has 0 fully saturated rings. The molecule has 1 aliphatic rings. The van der Waals surface area contributed by atoms with Gasteiger partial charge in [-0.1, -0.05) is 28.9 Å². The van der Waals surface area contributed by atoms with Crippen LogP contribution in [-0.2, 0) is 16.1 Å². The molecule has 0 radical (unpaired) electrons. The number of fused-ring (bicyclic) bond motifs is 1. The molecule has 3 rings (SSSR count). The highest BCUT2D eigenvalue weighted by atomic mass is 35.5. The molecule has 0 spiro atoms. The normalized spacial score (nSPS) is 16.9. The van der Waals surface area contributed by atoms with Crippen LogP contribution in [0.4, 0.5) is 10.5 Å². The Kier molecular flexibility index (Phi) is 7.20. The van der Waals surface area contributed by atoms with Crippen molar-refractivity contribution in [3.63, 3.8) is 0 Å². The van der Waals surface area contributed by atoms with E-state index in [9.17, 15) is 9.59 Å². The van der Waals surface area contributed by atoms with Gasteiger partial charge in [0.25, 0.3) is 5.91 Å². The van der Waals surface area contributed by atoms with Gasteiger partial charge in [-0.2, -0.15) is 0 Å². The number of benzene rings is 2. The van der Waals surface area contributed by atoms with Crippen LogP contribution in [-0.4, -0.2) is 40.4 Å². The zero-order valence-corrected chi connectivity index (χ0v) is 19.5. The van der Waals surface area contributed by atoms with E-state index in [-0.39, 0.29) is 18.3 Å². The lowest BCUT2D eigenvalue weighted by molar-refractivity contribution is -0.120. The Balaban J connectivity index is 1.97. The van der Waals surface area contributed by atoms with Gasteiger partial charge in [-0.3, -0.25) is 4.79 Å². The maximum atomic E-state index is 13.5. The number of ether oxygens (including phenoxy) is 1. The molecular formula is C22H25ClN4O4S. The summed E-state index contributed by atoms with van der Waals surface area (Å²) in [4.78, 5) is 28.3. The average Bonchev–Trinajstić information content (AvgIpc) is 2.85. The topological polar surface area (TPSA) is 117 Å². The number of hydrogen-bond acceptors (Lipinski definition) is 6. The second kappa shape index (κ2) is 9.70. The van der Waals surface area contributed by atoms with Crippen molar-refractivity contribution in [3.8, 4) is 0 Å². The van der Waals surface area contributed by atoms with E-state index in [2.05, 4.69) is 10.5 Å². The number of anilines is 1. The van der Waals surface area contributed by atoms with E-state index in [1.165, 1.54) is 11.8 Å². The molecule has 1 heterocycles. The quantitative estimate of drug-likeness (QED) is 0.266. The number of thioether (sulfide) groups is 1. The molecule has 2 amide bonds. The van der Waals surface area contributed by atoms with Gasteiger partial charge in [-0.25, -0.2) is 4.79 Å². The smallest absolute Gasteiger partial charge is 0.408 e. The highest BCUT2D eigenvalue weighted by Crippen LogP contribution is 2.36. The van der Waals surface area contributed by atoms with E-state index in [0.29, 0.717) is 22.0 Å². The van der Waals surface area contributed by atoms with Gasteiger partial charge in [0.15, 0.2) is 5.84 Å². The molecule has 1 atom stereocenters. The number of amides is 2. The van der Waals surface area contributed by atoms with E-state index in [4.69, 9.17) is 27.3 Å². The number of halogens is 1. The minimum Gasteiger partial charge on any atom is -0.444 e. The molecule has 32 heavy (non-hydrogen) atoms. The summed E-state index contributed by atoms with van der Waals surface area (Å²) in [5.41, 5.74) is 7.01. The molecule has 10 heteroatoms. The average molecular weight is 477 g/mol. The Hall–Kier alpha value is -2.91. The second-order valence-corrected chi connectivity index (χ2v) is 9.73. The van der Waals surface area contributed by atoms with Crippen LogP contribution in [0, 0.1) is 0 Å². The lowest BCUT2D eigenvalue weighted by atomic mass is 10.1. The highest BCUT2D eigenvalue weighted by Gasteiger charge is 2.33. The molecule has 0 aliphatic carbocycles. The predicted octanol–water partition coefficient (Wildman–Crippen LogP) is 3.97. The third-order valence-electron chi connectivity index (χ3n) is 4.57. The van der Waals surface area contributed by atoms with Crippen molar-refractivity contribution in [1.29, 1.82) is 0 Å². The van der Waals surface area contributed by atoms with Crippen LogP contribution in [0.1, 0.15) is 31.9 Å². The van der Waals surface area contributed by atoms with E-state index in [1.807, 2.05) is 18.2 Å². The van der Waals surface area contributed by atoms with E-state index >= 15 is 0 Å². The minimum absolute atomic E-state index is 0.0654. The fourth-order valence-corrected chi connectivity index (χ4v) is 4.29. The predicted molar refractivity (Wildman–Crippen MR) is 125 cm³/mol. The fraction of sp³-hybridized carbons (Fsp3) is 0.318. The summed E-state index contributed by atoms with van der Waals surface area (Å²) in [7, 11) is 0. The van der Waals surface area contributed by atoms with Gasteiger partial charge in [0.05, 0.1) is 12.2 Å². The van der Waals surface area contributed by atoms with Gasteiger partial charge in [0.2, 0.25) is 0 Å². The maximum absolute atomic E-state index is 13.5. The zero-order chi connectivity index (χ0) is 23.5. The zero-order valence-electron chi connectivity index (χ0n) is 18.0. The van der Waals surface area contributed by atoms with E-state index in [1.54, 1.807) is 49.9 Å². The summed E-state index contributed by atoms with van der Waals surface area (Å²) in [5, 5.41) is 15.4. The molecule has 0 saturated heterocycles. The van der Waals surface area contributed by atoms with Crippen molar-refractivity contribution in [2.24, 2.45) is 10.9 Å². The minimum atomic E-state index is -0.804. The number of amidine groups is 1. The van der Waals surface area contributed by atoms with Gasteiger partial charge < -0.3 is 25.9 Å². The molecular weight excluding hydrogens is 452 g/mol. The van der Waals surface area contributed by atoms with Crippen molar-refractivity contribution < 1.29 is 19.5 Å². The molecule has 2 aromatic carbocycles. The number of hydrogen-bond donors (Lipinski definition) is 3. The van der Waals surface area contributed by atoms with Crippen LogP contribution in [0.15, 0.2) is 52.5 Å². The largest absolute Gasteiger partial charge is 0.444 e. The third kappa shape index (κ3) is 5.86. The van der Waals surface area contributed by atoms with E-state index < -0.39 is 17.7 Å². The van der Waals surface area contributed by atoms with Crippen molar-refractivity contribution in [3.05, 3.63) is 58.6 Å². The molecule has 2 aromatic rings. The molecule has 0 bridgehead atoms. The van der Waals surface area contributed by atoms with Crippen LogP contribution in [0.25, 0.3) is 0 Å². The number of nitrogens with two attached hydrogens (primary N) is 1. The van der Waals surface area contributed by atoms with Crippen LogP contribution >= 0.6 is 23.4 Å². The first kappa shape index (κ1) is 23.7. The monoisotopic (exact) mass is 476 g/mol. The Morgan fingerprint density at radius 2 is 2.00 bits per heavy atom. The Bertz CT molecular complexity index is 1040. The first-order valence-electron chi connectivity index (χ1n) is 9.87. The lowest BCUT2D eigenvalue weighted by Gasteiger charge is -2.27. The van der Waals surface area contributed by atoms with Crippen molar-refractivity contribution >= 4 is 46.9 Å². The van der Waals surface area contributed by atoms with Gasteiger partial charge in [-0.15, -0.1) is 11.8 Å². The number of rotatable bonds is 4. The number of nitrogens with zero attached hydrogens (tertiary/aromatic N) is 2. The summed E-state index contributed by atoms with van der Waals surface area (Å²) >= 11 is 7.43. The number of carbonyl (C=O) groups excluding carboxylic acids is 2. The number of alkyl carbamates (subject to hydrolysis) is 1. The summed E-state index contributed by atoms with van der Waals surface area (Å²) in [5.74, 6) is -0.0384. The molecule has 170 valence electrons. The summed E-state index contributed by atoms with van der Waals surface area (Å²) in [6.07, 6.45) is -0.661. The van der Waals surface area contributed by atoms with Gasteiger partial charge in [0, 0.05) is 21.2 Å². The molecule has 0 aromatic heterocycles. The molecule has 8 nitrogen and oxygen atoms in total. The summed E-state index contributed by atoms with van der Waals surface area (Å²) in [6, 6.07) is 11.6. The van der Waals surface area contributed by atoms with Crippen LogP contribution in [0.2, 0.25) is 5.02 Å². The highest BCUT2D eigenvalue weighted by molar-refractivity contribution is 7.99. The van der Waals surface area contributed by atoms with Crippen molar-refractivity contribution in [1.82, 2.24) is 5.32 Å². The van der Waals surface area contributed by atoms with Gasteiger partial charge in [0.1, 0.15) is 11.6 Å². The lowest BCUT2D eigenvalue weighted by Crippen LogP contribution is -2.50. The molecule has 0 saturated carbocycles. The SMILES string of the molecule is CC(C)(C)OC(=O)N[C@H]1CSc2ccc(/C(N)=N/O)cc2N(Cc2ccc(Cl)cc2)C1=O. The van der Waals surface area contributed by atoms with Gasteiger partial charge >= 0.3 is 6.09 Å². The molecule has 0 unspecified atom stereocenters. The standard InChI is InChI=1S/C22H25ClN4O4S/c1-22(2,3)31-21(29)25-16-12-32-18-9-6-14(19(24)26-30)10-17(18)27(20(16)28)11-13-4-7-15(23)8-5-13/h4-10,16,30H,11-12H2,1-3H3,(H2,24,26)(H,25,29)/t16-/m0/s1. The van der Waals surface area contributed by atoms with Crippen molar-refractivity contribution in [2.45, 2.75) is 43.9 Å². The first-order chi connectivity index (χ1) is 15.1. The van der Waals surface area contributed by atoms with Gasteiger partial charge in [-0.05, 0) is 56.7 Å². The van der Waals surface area contributed by atoms with Crippen LogP contribution < -0.4 is 16.0 Å². The number of carbonyl (C=O) groups is 2. The third-order valence-corrected chi connectivity index (χ3v) is 5.98.